The Kier molecular flexibility index (Phi) is 5.85. The van der Waals surface area contributed by atoms with Crippen molar-refractivity contribution in [3.8, 4) is 17.3 Å². The van der Waals surface area contributed by atoms with Gasteiger partial charge >= 0.3 is 6.01 Å². The van der Waals surface area contributed by atoms with Crippen molar-refractivity contribution in [3.05, 3.63) is 53.4 Å². The molecule has 6 nitrogen and oxygen atoms in total. The molecule has 7 rings (SSSR count). The van der Waals surface area contributed by atoms with E-state index in [1.807, 2.05) is 36.4 Å². The molecule has 3 aliphatic rings. The van der Waals surface area contributed by atoms with Crippen LogP contribution in [0.4, 0.5) is 10.2 Å². The summed E-state index contributed by atoms with van der Waals surface area (Å²) in [6, 6.07) is 11.6. The van der Waals surface area contributed by atoms with Crippen LogP contribution in [0, 0.1) is 17.7 Å². The van der Waals surface area contributed by atoms with Gasteiger partial charge in [-0.2, -0.15) is 9.97 Å². The molecule has 2 saturated heterocycles. The molecule has 0 amide bonds. The molecule has 2 aromatic heterocycles. The van der Waals surface area contributed by atoms with Gasteiger partial charge in [0.05, 0.1) is 11.5 Å². The number of piperidine rings is 1. The Morgan fingerprint density at radius 1 is 1.05 bits per heavy atom. The highest BCUT2D eigenvalue weighted by atomic mass is 35.5. The quantitative estimate of drug-likeness (QED) is 0.303. The van der Waals surface area contributed by atoms with Crippen LogP contribution < -0.4 is 9.64 Å². The molecule has 2 aliphatic heterocycles. The van der Waals surface area contributed by atoms with E-state index >= 15 is 4.39 Å². The normalized spacial score (nSPS) is 23.3. The maximum Gasteiger partial charge on any atom is 0.319 e. The molecule has 190 valence electrons. The fourth-order valence-electron chi connectivity index (χ4n) is 6.33. The topological polar surface area (TPSA) is 60.4 Å². The summed E-state index contributed by atoms with van der Waals surface area (Å²) in [5.74, 6) is 1.51. The number of hydrogen-bond acceptors (Lipinski definition) is 6. The van der Waals surface area contributed by atoms with E-state index in [9.17, 15) is 0 Å². The molecule has 3 fully saturated rings. The van der Waals surface area contributed by atoms with E-state index in [0.29, 0.717) is 40.2 Å². The van der Waals surface area contributed by atoms with Gasteiger partial charge in [-0.1, -0.05) is 41.9 Å². The molecule has 0 spiro atoms. The second-order valence-corrected chi connectivity index (χ2v) is 11.0. The third kappa shape index (κ3) is 4.18. The van der Waals surface area contributed by atoms with E-state index in [-0.39, 0.29) is 23.3 Å². The van der Waals surface area contributed by atoms with Crippen molar-refractivity contribution in [2.24, 2.45) is 11.8 Å². The highest BCUT2D eigenvalue weighted by molar-refractivity contribution is 6.36. The van der Waals surface area contributed by atoms with Gasteiger partial charge in [0, 0.05) is 41.9 Å². The second-order valence-electron chi connectivity index (χ2n) is 10.6. The van der Waals surface area contributed by atoms with Gasteiger partial charge in [0.1, 0.15) is 23.6 Å². The molecule has 0 radical (unpaired) electrons. The Labute approximate surface area is 219 Å². The van der Waals surface area contributed by atoms with Crippen LogP contribution in [0.1, 0.15) is 32.1 Å². The summed E-state index contributed by atoms with van der Waals surface area (Å²) in [5, 5.41) is 2.87. The lowest BCUT2D eigenvalue weighted by molar-refractivity contribution is 0.0647. The van der Waals surface area contributed by atoms with E-state index in [0.717, 1.165) is 43.3 Å². The highest BCUT2D eigenvalue weighted by Crippen LogP contribution is 2.41. The maximum absolute atomic E-state index is 16.4. The molecule has 2 unspecified atom stereocenters. The highest BCUT2D eigenvalue weighted by Gasteiger charge is 2.35. The Hall–Kier alpha value is -3.03. The second kappa shape index (κ2) is 9.37. The van der Waals surface area contributed by atoms with Crippen LogP contribution in [-0.4, -0.2) is 47.4 Å². The maximum atomic E-state index is 16.4. The molecule has 8 heteroatoms. The van der Waals surface area contributed by atoms with Crippen LogP contribution in [0.3, 0.4) is 0 Å². The molecular weight excluding hydrogens is 491 g/mol. The van der Waals surface area contributed by atoms with Gasteiger partial charge in [0.2, 0.25) is 0 Å². The summed E-state index contributed by atoms with van der Waals surface area (Å²) < 4.78 is 28.1. The zero-order chi connectivity index (χ0) is 24.9. The first-order valence-corrected chi connectivity index (χ1v) is 13.5. The average Bonchev–Trinajstić information content (AvgIpc) is 3.56. The number of hydrogen-bond donors (Lipinski definition) is 0. The summed E-state index contributed by atoms with van der Waals surface area (Å²) in [6.07, 6.45) is 7.44. The number of ether oxygens (including phenoxy) is 2. The largest absolute Gasteiger partial charge is 0.461 e. The summed E-state index contributed by atoms with van der Waals surface area (Å²) in [4.78, 5) is 16.3. The minimum Gasteiger partial charge on any atom is -0.461 e. The van der Waals surface area contributed by atoms with E-state index in [4.69, 9.17) is 26.1 Å². The Balaban J connectivity index is 1.36. The van der Waals surface area contributed by atoms with Gasteiger partial charge in [-0.25, -0.2) is 4.39 Å². The summed E-state index contributed by atoms with van der Waals surface area (Å²) in [7, 11) is 0. The number of aromatic nitrogens is 3. The van der Waals surface area contributed by atoms with Crippen LogP contribution >= 0.6 is 11.6 Å². The third-order valence-electron chi connectivity index (χ3n) is 8.08. The number of fused-ring (bicyclic) bond motifs is 4. The van der Waals surface area contributed by atoms with Gasteiger partial charge in [-0.05, 0) is 55.4 Å². The van der Waals surface area contributed by atoms with Crippen molar-refractivity contribution in [3.63, 3.8) is 0 Å². The molecule has 3 atom stereocenters. The van der Waals surface area contributed by atoms with E-state index in [2.05, 4.69) is 14.9 Å². The van der Waals surface area contributed by atoms with Gasteiger partial charge in [-0.15, -0.1) is 0 Å². The van der Waals surface area contributed by atoms with Crippen molar-refractivity contribution >= 4 is 39.1 Å². The number of nitrogens with zero attached hydrogens (tertiary/aromatic N) is 4. The molecule has 2 aromatic carbocycles. The zero-order valence-corrected chi connectivity index (χ0v) is 21.3. The number of anilines is 1. The fourth-order valence-corrected chi connectivity index (χ4v) is 6.62. The van der Waals surface area contributed by atoms with Crippen molar-refractivity contribution in [1.82, 2.24) is 15.0 Å². The summed E-state index contributed by atoms with van der Waals surface area (Å²) >= 11 is 6.56. The first-order chi connectivity index (χ1) is 18.1. The van der Waals surface area contributed by atoms with Crippen molar-refractivity contribution < 1.29 is 13.9 Å². The summed E-state index contributed by atoms with van der Waals surface area (Å²) in [6.45, 7) is 2.92. The lowest BCUT2D eigenvalue weighted by Gasteiger charge is -2.33. The molecule has 0 N–H and O–H groups in total. The first-order valence-electron chi connectivity index (χ1n) is 13.2. The van der Waals surface area contributed by atoms with E-state index < -0.39 is 5.82 Å². The van der Waals surface area contributed by atoms with Crippen molar-refractivity contribution in [1.29, 1.82) is 0 Å². The van der Waals surface area contributed by atoms with Gasteiger partial charge < -0.3 is 14.4 Å². The van der Waals surface area contributed by atoms with Gasteiger partial charge in [0.15, 0.2) is 5.82 Å². The third-order valence-corrected chi connectivity index (χ3v) is 8.40. The fraction of sp³-hybridized carbons (Fsp3) is 0.414. The minimum atomic E-state index is -0.490. The SMILES string of the molecule is Fc1c(-c2cccc3cccc(Cl)c23)ncc2c(N3CC4CCC(C4)C3)nc(OC[C@@H]3CCCO3)nc12. The van der Waals surface area contributed by atoms with Crippen molar-refractivity contribution in [2.45, 2.75) is 38.2 Å². The molecule has 1 aliphatic carbocycles. The first kappa shape index (κ1) is 23.1. The smallest absolute Gasteiger partial charge is 0.319 e. The predicted molar refractivity (Wildman–Crippen MR) is 143 cm³/mol. The molecule has 2 bridgehead atoms. The average molecular weight is 519 g/mol. The van der Waals surface area contributed by atoms with Gasteiger partial charge in [0.25, 0.3) is 0 Å². The lowest BCUT2D eigenvalue weighted by Crippen LogP contribution is -2.37. The zero-order valence-electron chi connectivity index (χ0n) is 20.5. The van der Waals surface area contributed by atoms with Crippen LogP contribution in [0.5, 0.6) is 6.01 Å². The van der Waals surface area contributed by atoms with E-state index in [1.165, 1.54) is 19.3 Å². The molecule has 1 saturated carbocycles. The molecule has 37 heavy (non-hydrogen) atoms. The minimum absolute atomic E-state index is 0.0178. The van der Waals surface area contributed by atoms with Crippen LogP contribution in [0.2, 0.25) is 5.02 Å². The number of halogens is 2. The molecule has 4 heterocycles. The number of rotatable bonds is 5. The monoisotopic (exact) mass is 518 g/mol. The Morgan fingerprint density at radius 3 is 2.65 bits per heavy atom. The van der Waals surface area contributed by atoms with Gasteiger partial charge in [-0.3, -0.25) is 4.98 Å². The van der Waals surface area contributed by atoms with Crippen LogP contribution in [0.25, 0.3) is 32.9 Å². The van der Waals surface area contributed by atoms with Crippen LogP contribution in [0.15, 0.2) is 42.6 Å². The van der Waals surface area contributed by atoms with Crippen molar-refractivity contribution in [2.75, 3.05) is 31.2 Å². The molecule has 4 aromatic rings. The van der Waals surface area contributed by atoms with E-state index in [1.54, 1.807) is 6.20 Å². The van der Waals surface area contributed by atoms with Crippen LogP contribution in [-0.2, 0) is 4.74 Å². The Bertz CT molecular complexity index is 1480. The predicted octanol–water partition coefficient (Wildman–Crippen LogP) is 6.43. The Morgan fingerprint density at radius 2 is 1.86 bits per heavy atom. The lowest BCUT2D eigenvalue weighted by atomic mass is 9.98. The molecular formula is C29H28ClFN4O2. The number of benzene rings is 2. The number of pyridine rings is 1. The summed E-state index contributed by atoms with van der Waals surface area (Å²) in [5.41, 5.74) is 1.08. The standard InChI is InChI=1S/C29H28ClFN4O2/c30-23-8-2-5-19-4-1-7-21(24(19)23)26-25(31)27-22(13-32-26)28(35-14-17-9-10-18(12-17)15-35)34-29(33-27)37-16-20-6-3-11-36-20/h1-2,4-5,7-8,13,17-18,20H,3,6,9-12,14-16H2/t17?,18?,20-/m0/s1.